The summed E-state index contributed by atoms with van der Waals surface area (Å²) >= 11 is 5.82. The quantitative estimate of drug-likeness (QED) is 0.749. The van der Waals surface area contributed by atoms with E-state index in [9.17, 15) is 4.79 Å². The van der Waals surface area contributed by atoms with E-state index in [1.54, 1.807) is 18.4 Å². The van der Waals surface area contributed by atoms with Crippen LogP contribution in [0.2, 0.25) is 5.02 Å². The number of rotatable bonds is 4. The van der Waals surface area contributed by atoms with Crippen LogP contribution in [0.1, 0.15) is 5.56 Å². The van der Waals surface area contributed by atoms with Crippen molar-refractivity contribution in [3.8, 4) is 0 Å². The van der Waals surface area contributed by atoms with Crippen molar-refractivity contribution >= 4 is 29.0 Å². The third kappa shape index (κ3) is 2.13. The molecule has 0 atom stereocenters. The number of fused-ring (bicyclic) bond motifs is 1. The molecule has 0 aliphatic heterocycles. The van der Waals surface area contributed by atoms with Crippen LogP contribution >= 0.6 is 11.6 Å². The second-order valence-electron chi connectivity index (χ2n) is 3.08. The highest BCUT2D eigenvalue weighted by Gasteiger charge is 2.05. The van der Waals surface area contributed by atoms with Crippen molar-refractivity contribution in [1.29, 1.82) is 0 Å². The molecule has 2 aromatic rings. The van der Waals surface area contributed by atoms with Crippen molar-refractivity contribution in [1.82, 2.24) is 0 Å². The second-order valence-corrected chi connectivity index (χ2v) is 3.52. The fraction of sp³-hybridized carbons (Fsp3) is 0.182. The number of furan rings is 1. The molecule has 0 spiro atoms. The minimum Gasteiger partial charge on any atom is -0.464 e. The van der Waals surface area contributed by atoms with E-state index in [2.05, 4.69) is 4.74 Å². The van der Waals surface area contributed by atoms with Crippen molar-refractivity contribution in [2.24, 2.45) is 0 Å². The molecule has 15 heavy (non-hydrogen) atoms. The first-order valence-electron chi connectivity index (χ1n) is 4.46. The average Bonchev–Trinajstić information content (AvgIpc) is 2.61. The van der Waals surface area contributed by atoms with Gasteiger partial charge in [-0.2, -0.15) is 0 Å². The minimum absolute atomic E-state index is 0.306. The van der Waals surface area contributed by atoms with Crippen LogP contribution in [0.4, 0.5) is 0 Å². The molecule has 1 aromatic heterocycles. The Hall–Kier alpha value is -1.48. The minimum atomic E-state index is 0.306. The maximum absolute atomic E-state index is 9.85. The summed E-state index contributed by atoms with van der Waals surface area (Å²) < 4.78 is 9.83. The standard InChI is InChI=1S/C11H8ClO3/c12-9-1-2-10-8(3-4-14-7-13)6-15-11(10)5-9/h1-2,5-6H,3-4H2. The number of benzene rings is 1. The van der Waals surface area contributed by atoms with Crippen molar-refractivity contribution in [3.05, 3.63) is 35.0 Å². The summed E-state index contributed by atoms with van der Waals surface area (Å²) in [4.78, 5) is 9.85. The molecule has 1 aromatic carbocycles. The van der Waals surface area contributed by atoms with Crippen LogP contribution in [0.5, 0.6) is 0 Å². The number of hydrogen-bond donors (Lipinski definition) is 0. The normalized spacial score (nSPS) is 10.5. The van der Waals surface area contributed by atoms with Gasteiger partial charge in [-0.15, -0.1) is 0 Å². The van der Waals surface area contributed by atoms with Crippen molar-refractivity contribution < 1.29 is 13.9 Å². The zero-order chi connectivity index (χ0) is 10.7. The van der Waals surface area contributed by atoms with Crippen molar-refractivity contribution in [2.45, 2.75) is 6.42 Å². The van der Waals surface area contributed by atoms with Gasteiger partial charge in [0, 0.05) is 22.4 Å². The first kappa shape index (κ1) is 10.1. The Morgan fingerprint density at radius 2 is 2.33 bits per heavy atom. The van der Waals surface area contributed by atoms with Gasteiger partial charge < -0.3 is 9.15 Å². The van der Waals surface area contributed by atoms with Crippen molar-refractivity contribution in [3.63, 3.8) is 0 Å². The Labute approximate surface area is 91.6 Å². The molecule has 1 radical (unpaired) electrons. The Kier molecular flexibility index (Phi) is 2.92. The topological polar surface area (TPSA) is 39.4 Å². The molecule has 3 nitrogen and oxygen atoms in total. The van der Waals surface area contributed by atoms with Crippen LogP contribution in [0.15, 0.2) is 28.9 Å². The Morgan fingerprint density at radius 3 is 3.13 bits per heavy atom. The van der Waals surface area contributed by atoms with Crippen LogP contribution in [0.3, 0.4) is 0 Å². The Morgan fingerprint density at radius 1 is 1.47 bits per heavy atom. The van der Waals surface area contributed by atoms with E-state index in [4.69, 9.17) is 16.0 Å². The summed E-state index contributed by atoms with van der Waals surface area (Å²) in [5.74, 6) is 0. The fourth-order valence-corrected chi connectivity index (χ4v) is 1.62. The van der Waals surface area contributed by atoms with Gasteiger partial charge in [0.15, 0.2) is 0 Å². The lowest BCUT2D eigenvalue weighted by molar-refractivity contribution is 0.281. The zero-order valence-electron chi connectivity index (χ0n) is 7.83. The average molecular weight is 224 g/mol. The first-order chi connectivity index (χ1) is 7.31. The third-order valence-corrected chi connectivity index (χ3v) is 2.39. The Bertz CT molecular complexity index is 476. The summed E-state index contributed by atoms with van der Waals surface area (Å²) in [5, 5.41) is 1.63. The van der Waals surface area contributed by atoms with E-state index in [-0.39, 0.29) is 0 Å². The maximum atomic E-state index is 9.85. The SMILES string of the molecule is O=[C]OCCc1coc2cc(Cl)ccc12. The van der Waals surface area contributed by atoms with E-state index in [0.29, 0.717) is 18.1 Å². The van der Waals surface area contributed by atoms with Crippen LogP contribution in [0.25, 0.3) is 11.0 Å². The van der Waals surface area contributed by atoms with Gasteiger partial charge in [-0.25, -0.2) is 4.79 Å². The van der Waals surface area contributed by atoms with Gasteiger partial charge in [0.25, 0.3) is 0 Å². The number of halogens is 1. The van der Waals surface area contributed by atoms with E-state index in [1.807, 2.05) is 6.07 Å². The number of carbonyl (C=O) groups excluding carboxylic acids is 1. The van der Waals surface area contributed by atoms with Gasteiger partial charge in [0.05, 0.1) is 12.9 Å². The van der Waals surface area contributed by atoms with E-state index in [0.717, 1.165) is 16.5 Å². The molecular formula is C11H8ClO3. The van der Waals surface area contributed by atoms with Gasteiger partial charge in [0.1, 0.15) is 5.58 Å². The number of hydrogen-bond acceptors (Lipinski definition) is 3. The predicted octanol–water partition coefficient (Wildman–Crippen LogP) is 2.71. The lowest BCUT2D eigenvalue weighted by atomic mass is 10.1. The van der Waals surface area contributed by atoms with Gasteiger partial charge >= 0.3 is 6.47 Å². The highest BCUT2D eigenvalue weighted by molar-refractivity contribution is 6.31. The number of ether oxygens (including phenoxy) is 1. The van der Waals surface area contributed by atoms with Crippen LogP contribution < -0.4 is 0 Å². The predicted molar refractivity (Wildman–Crippen MR) is 56.6 cm³/mol. The zero-order valence-corrected chi connectivity index (χ0v) is 8.58. The molecule has 1 heterocycles. The molecule has 0 aliphatic carbocycles. The lowest BCUT2D eigenvalue weighted by Gasteiger charge is -1.96. The monoisotopic (exact) mass is 223 g/mol. The summed E-state index contributed by atoms with van der Waals surface area (Å²) in [5.41, 5.74) is 1.74. The largest absolute Gasteiger partial charge is 0.464 e. The van der Waals surface area contributed by atoms with Gasteiger partial charge in [-0.1, -0.05) is 11.6 Å². The molecule has 0 fully saturated rings. The van der Waals surface area contributed by atoms with Crippen LogP contribution in [-0.2, 0) is 16.0 Å². The summed E-state index contributed by atoms with van der Waals surface area (Å²) in [7, 11) is 0. The summed E-state index contributed by atoms with van der Waals surface area (Å²) in [6, 6.07) is 5.45. The molecule has 77 valence electrons. The summed E-state index contributed by atoms with van der Waals surface area (Å²) in [6.45, 7) is 1.69. The van der Waals surface area contributed by atoms with Crippen LogP contribution in [0, 0.1) is 0 Å². The third-order valence-electron chi connectivity index (χ3n) is 2.15. The van der Waals surface area contributed by atoms with E-state index in [1.165, 1.54) is 6.47 Å². The van der Waals surface area contributed by atoms with Crippen molar-refractivity contribution in [2.75, 3.05) is 6.61 Å². The molecule has 0 amide bonds. The Balaban J connectivity index is 2.24. The lowest BCUT2D eigenvalue weighted by Crippen LogP contribution is -1.95. The van der Waals surface area contributed by atoms with E-state index < -0.39 is 0 Å². The van der Waals surface area contributed by atoms with Crippen LogP contribution in [-0.4, -0.2) is 13.1 Å². The second kappa shape index (κ2) is 4.36. The molecule has 0 saturated heterocycles. The maximum Gasteiger partial charge on any atom is 0.417 e. The smallest absolute Gasteiger partial charge is 0.417 e. The molecule has 4 heteroatoms. The fourth-order valence-electron chi connectivity index (χ4n) is 1.45. The van der Waals surface area contributed by atoms with Gasteiger partial charge in [-0.05, 0) is 18.2 Å². The summed E-state index contributed by atoms with van der Waals surface area (Å²) in [6.07, 6.45) is 2.26. The van der Waals surface area contributed by atoms with Gasteiger partial charge in [-0.3, -0.25) is 0 Å². The van der Waals surface area contributed by atoms with E-state index >= 15 is 0 Å². The van der Waals surface area contributed by atoms with Gasteiger partial charge in [0.2, 0.25) is 0 Å². The first-order valence-corrected chi connectivity index (χ1v) is 4.83. The highest BCUT2D eigenvalue weighted by Crippen LogP contribution is 2.24. The molecule has 0 bridgehead atoms. The molecular weight excluding hydrogens is 216 g/mol. The molecule has 0 aliphatic rings. The highest BCUT2D eigenvalue weighted by atomic mass is 35.5. The molecule has 0 unspecified atom stereocenters. The molecule has 2 rings (SSSR count). The molecule has 0 saturated carbocycles. The molecule has 0 N–H and O–H groups in total.